The number of halogens is 1. The molecule has 3 nitrogen and oxygen atoms in total. The second-order valence-corrected chi connectivity index (χ2v) is 8.10. The number of aromatic nitrogens is 1. The topological polar surface area (TPSA) is 25.2 Å². The van der Waals surface area contributed by atoms with E-state index in [1.54, 1.807) is 11.8 Å². The molecule has 2 aromatic carbocycles. The fraction of sp³-hybridized carbons (Fsp3) is 0.286. The minimum absolute atomic E-state index is 0.194. The first-order valence-electron chi connectivity index (χ1n) is 8.86. The van der Waals surface area contributed by atoms with E-state index >= 15 is 0 Å². The van der Waals surface area contributed by atoms with Crippen LogP contribution >= 0.6 is 23.4 Å². The molecule has 1 fully saturated rings. The van der Waals surface area contributed by atoms with Crippen molar-refractivity contribution in [2.24, 2.45) is 7.05 Å². The van der Waals surface area contributed by atoms with Gasteiger partial charge in [-0.15, -0.1) is 11.8 Å². The second-order valence-electron chi connectivity index (χ2n) is 6.67. The van der Waals surface area contributed by atoms with Crippen LogP contribution in [0.3, 0.4) is 0 Å². The number of fused-ring (bicyclic) bond motifs is 1. The number of carbonyl (C=O) groups is 1. The van der Waals surface area contributed by atoms with Crippen molar-refractivity contribution in [2.45, 2.75) is 23.8 Å². The molecule has 5 heteroatoms. The Labute approximate surface area is 162 Å². The van der Waals surface area contributed by atoms with E-state index in [1.807, 2.05) is 48.5 Å². The summed E-state index contributed by atoms with van der Waals surface area (Å²) in [5, 5.41) is 2.88. The number of hydrogen-bond donors (Lipinski definition) is 0. The zero-order valence-electron chi connectivity index (χ0n) is 14.7. The van der Waals surface area contributed by atoms with Gasteiger partial charge in [-0.2, -0.15) is 0 Å². The standard InChI is InChI=1S/C21H21ClN2OS/c1-23-12-4-9-17(23)18-10-5-13-24(18)20(25)14-26-19-11-3-7-15-6-2-8-16(22)21(15)19/h2-4,6-9,11-12,18H,5,10,13-14H2,1H3. The lowest BCUT2D eigenvalue weighted by molar-refractivity contribution is -0.129. The SMILES string of the molecule is Cn1cccc1C1CCCN1C(=O)CSc1cccc2cccc(Cl)c12. The van der Waals surface area contributed by atoms with E-state index in [-0.39, 0.29) is 11.9 Å². The van der Waals surface area contributed by atoms with Crippen LogP contribution in [0.1, 0.15) is 24.6 Å². The maximum atomic E-state index is 12.9. The molecule has 134 valence electrons. The van der Waals surface area contributed by atoms with Crippen molar-refractivity contribution in [3.05, 3.63) is 65.4 Å². The lowest BCUT2D eigenvalue weighted by Gasteiger charge is -2.25. The fourth-order valence-corrected chi connectivity index (χ4v) is 5.13. The van der Waals surface area contributed by atoms with Crippen molar-refractivity contribution in [2.75, 3.05) is 12.3 Å². The van der Waals surface area contributed by atoms with E-state index in [9.17, 15) is 4.79 Å². The largest absolute Gasteiger partial charge is 0.353 e. The van der Waals surface area contributed by atoms with Crippen molar-refractivity contribution in [1.82, 2.24) is 9.47 Å². The number of rotatable bonds is 4. The minimum atomic E-state index is 0.194. The van der Waals surface area contributed by atoms with Crippen LogP contribution in [0.15, 0.2) is 59.6 Å². The molecule has 4 rings (SSSR count). The summed E-state index contributed by atoms with van der Waals surface area (Å²) in [4.78, 5) is 16.0. The van der Waals surface area contributed by atoms with Gasteiger partial charge >= 0.3 is 0 Å². The highest BCUT2D eigenvalue weighted by Gasteiger charge is 2.31. The molecule has 0 saturated carbocycles. The third-order valence-electron chi connectivity index (χ3n) is 5.07. The number of hydrogen-bond acceptors (Lipinski definition) is 2. The molecule has 0 N–H and O–H groups in total. The minimum Gasteiger partial charge on any atom is -0.353 e. The van der Waals surface area contributed by atoms with Gasteiger partial charge in [-0.05, 0) is 42.5 Å². The first-order chi connectivity index (χ1) is 12.6. The highest BCUT2D eigenvalue weighted by molar-refractivity contribution is 8.00. The van der Waals surface area contributed by atoms with Gasteiger partial charge in [-0.3, -0.25) is 4.79 Å². The van der Waals surface area contributed by atoms with E-state index < -0.39 is 0 Å². The van der Waals surface area contributed by atoms with Crippen LogP contribution in [-0.2, 0) is 11.8 Å². The summed E-state index contributed by atoms with van der Waals surface area (Å²) >= 11 is 7.98. The molecule has 1 amide bonds. The predicted molar refractivity (Wildman–Crippen MR) is 109 cm³/mol. The van der Waals surface area contributed by atoms with Gasteiger partial charge in [0.05, 0.1) is 11.8 Å². The Bertz CT molecular complexity index is 947. The van der Waals surface area contributed by atoms with Gasteiger partial charge in [0.25, 0.3) is 0 Å². The Morgan fingerprint density at radius 2 is 2.00 bits per heavy atom. The molecule has 1 aliphatic rings. The molecule has 1 atom stereocenters. The Morgan fingerprint density at radius 1 is 1.19 bits per heavy atom. The second kappa shape index (κ2) is 7.37. The number of benzene rings is 2. The average molecular weight is 385 g/mol. The van der Waals surface area contributed by atoms with Crippen molar-refractivity contribution >= 4 is 40.0 Å². The molecule has 0 bridgehead atoms. The molecule has 0 radical (unpaired) electrons. The van der Waals surface area contributed by atoms with E-state index in [0.29, 0.717) is 5.75 Å². The smallest absolute Gasteiger partial charge is 0.233 e. The molecule has 1 saturated heterocycles. The Morgan fingerprint density at radius 3 is 2.77 bits per heavy atom. The molecular formula is C21H21ClN2OS. The third kappa shape index (κ3) is 3.24. The number of amides is 1. The zero-order chi connectivity index (χ0) is 18.1. The van der Waals surface area contributed by atoms with Crippen LogP contribution in [0.5, 0.6) is 0 Å². The van der Waals surface area contributed by atoms with Crippen LogP contribution in [0.4, 0.5) is 0 Å². The van der Waals surface area contributed by atoms with E-state index in [4.69, 9.17) is 11.6 Å². The summed E-state index contributed by atoms with van der Waals surface area (Å²) in [6.07, 6.45) is 4.14. The fourth-order valence-electron chi connectivity index (χ4n) is 3.80. The number of carbonyl (C=O) groups excluding carboxylic acids is 1. The molecule has 1 unspecified atom stereocenters. The summed E-state index contributed by atoms with van der Waals surface area (Å²) in [6, 6.07) is 16.4. The van der Waals surface area contributed by atoms with Crippen LogP contribution in [0.25, 0.3) is 10.8 Å². The highest BCUT2D eigenvalue weighted by Crippen LogP contribution is 2.35. The van der Waals surface area contributed by atoms with Crippen LogP contribution in [0, 0.1) is 0 Å². The molecular weight excluding hydrogens is 364 g/mol. The third-order valence-corrected chi connectivity index (χ3v) is 6.42. The van der Waals surface area contributed by atoms with Crippen molar-refractivity contribution in [3.63, 3.8) is 0 Å². The number of thioether (sulfide) groups is 1. The highest BCUT2D eigenvalue weighted by atomic mass is 35.5. The van der Waals surface area contributed by atoms with E-state index in [2.05, 4.69) is 22.8 Å². The number of likely N-dealkylation sites (tertiary alicyclic amines) is 1. The predicted octanol–water partition coefficient (Wildman–Crippen LogP) is 5.29. The summed E-state index contributed by atoms with van der Waals surface area (Å²) in [6.45, 7) is 0.839. The maximum Gasteiger partial charge on any atom is 0.233 e. The molecule has 26 heavy (non-hydrogen) atoms. The lowest BCUT2D eigenvalue weighted by Crippen LogP contribution is -2.32. The molecule has 1 aliphatic heterocycles. The Kier molecular flexibility index (Phi) is 4.96. The summed E-state index contributed by atoms with van der Waals surface area (Å²) < 4.78 is 2.12. The van der Waals surface area contributed by atoms with Crippen LogP contribution in [-0.4, -0.2) is 27.7 Å². The summed E-state index contributed by atoms with van der Waals surface area (Å²) in [5.41, 5.74) is 1.22. The van der Waals surface area contributed by atoms with Gasteiger partial charge in [-0.25, -0.2) is 0 Å². The lowest BCUT2D eigenvalue weighted by atomic mass is 10.1. The maximum absolute atomic E-state index is 12.9. The Hall–Kier alpha value is -1.91. The normalized spacial score (nSPS) is 17.2. The van der Waals surface area contributed by atoms with Gasteiger partial charge in [0.15, 0.2) is 0 Å². The van der Waals surface area contributed by atoms with Crippen molar-refractivity contribution in [3.8, 4) is 0 Å². The van der Waals surface area contributed by atoms with Crippen molar-refractivity contribution < 1.29 is 4.79 Å². The first kappa shape index (κ1) is 17.5. The average Bonchev–Trinajstić information content (AvgIpc) is 3.28. The first-order valence-corrected chi connectivity index (χ1v) is 10.2. The summed E-state index contributed by atoms with van der Waals surface area (Å²) in [5.74, 6) is 0.633. The molecule has 0 spiro atoms. The Balaban J connectivity index is 1.52. The van der Waals surface area contributed by atoms with Gasteiger partial charge < -0.3 is 9.47 Å². The molecule has 1 aromatic heterocycles. The van der Waals surface area contributed by atoms with Gasteiger partial charge in [0.1, 0.15) is 0 Å². The van der Waals surface area contributed by atoms with E-state index in [1.165, 1.54) is 5.69 Å². The van der Waals surface area contributed by atoms with Crippen molar-refractivity contribution in [1.29, 1.82) is 0 Å². The van der Waals surface area contributed by atoms with Crippen LogP contribution in [0.2, 0.25) is 5.02 Å². The quantitative estimate of drug-likeness (QED) is 0.571. The van der Waals surface area contributed by atoms with Gasteiger partial charge in [0.2, 0.25) is 5.91 Å². The van der Waals surface area contributed by atoms with Crippen LogP contribution < -0.4 is 0 Å². The van der Waals surface area contributed by atoms with Gasteiger partial charge in [-0.1, -0.05) is 35.9 Å². The monoisotopic (exact) mass is 384 g/mol. The zero-order valence-corrected chi connectivity index (χ0v) is 16.3. The van der Waals surface area contributed by atoms with Gasteiger partial charge in [0, 0.05) is 40.8 Å². The van der Waals surface area contributed by atoms with E-state index in [0.717, 1.165) is 40.1 Å². The molecule has 3 aromatic rings. The number of aryl methyl sites for hydroxylation is 1. The molecule has 0 aliphatic carbocycles. The summed E-state index contributed by atoms with van der Waals surface area (Å²) in [7, 11) is 2.04. The molecule has 2 heterocycles. The number of nitrogens with zero attached hydrogens (tertiary/aromatic N) is 2.